The summed E-state index contributed by atoms with van der Waals surface area (Å²) in [7, 11) is 2.56. The lowest BCUT2D eigenvalue weighted by molar-refractivity contribution is 0.477. The van der Waals surface area contributed by atoms with Gasteiger partial charge in [0.1, 0.15) is 22.6 Å². The molecule has 1 aromatic carbocycles. The Balaban J connectivity index is 0.00000117. The van der Waals surface area contributed by atoms with E-state index in [1.165, 1.54) is 26.2 Å². The first-order chi connectivity index (χ1) is 12.2. The van der Waals surface area contributed by atoms with E-state index in [1.54, 1.807) is 13.0 Å². The van der Waals surface area contributed by atoms with Gasteiger partial charge in [0.15, 0.2) is 0 Å². The lowest BCUT2D eigenvalue weighted by Crippen LogP contribution is -2.40. The maximum absolute atomic E-state index is 14.4. The Morgan fingerprint density at radius 3 is 2.19 bits per heavy atom. The van der Waals surface area contributed by atoms with Gasteiger partial charge in [-0.2, -0.15) is 0 Å². The van der Waals surface area contributed by atoms with Crippen molar-refractivity contribution in [3.63, 3.8) is 0 Å². The summed E-state index contributed by atoms with van der Waals surface area (Å²) in [4.78, 5) is 36.9. The fourth-order valence-electron chi connectivity index (χ4n) is 2.65. The van der Waals surface area contributed by atoms with Gasteiger partial charge in [0.2, 0.25) is 0 Å². The quantitative estimate of drug-likeness (QED) is 0.713. The Bertz CT molecular complexity index is 1170. The molecule has 2 heterocycles. The summed E-state index contributed by atoms with van der Waals surface area (Å²) in [6.07, 6.45) is 0. The zero-order valence-corrected chi connectivity index (χ0v) is 15.2. The smallest absolute Gasteiger partial charge is 0.337 e. The van der Waals surface area contributed by atoms with Crippen LogP contribution in [0.25, 0.3) is 16.7 Å². The van der Waals surface area contributed by atoms with Gasteiger partial charge in [-0.05, 0) is 24.6 Å². The highest BCUT2D eigenvalue weighted by molar-refractivity contribution is 5.82. The molecular weight excluding hydrogens is 341 g/mol. The average molecular weight is 361 g/mol. The van der Waals surface area contributed by atoms with Crippen molar-refractivity contribution in [1.82, 2.24) is 13.7 Å². The molecule has 3 rings (SSSR count). The Morgan fingerprint density at radius 2 is 1.62 bits per heavy atom. The van der Waals surface area contributed by atoms with Gasteiger partial charge in [0, 0.05) is 20.2 Å². The van der Waals surface area contributed by atoms with Crippen molar-refractivity contribution in [3.05, 3.63) is 66.8 Å². The summed E-state index contributed by atoms with van der Waals surface area (Å²) < 4.78 is 17.1. The van der Waals surface area contributed by atoms with E-state index in [-0.39, 0.29) is 16.7 Å². The number of rotatable bonds is 1. The van der Waals surface area contributed by atoms with Crippen molar-refractivity contribution in [3.8, 4) is 11.4 Å². The maximum Gasteiger partial charge on any atom is 0.337 e. The van der Waals surface area contributed by atoms with E-state index in [1.807, 2.05) is 13.8 Å². The number of aromatic nitrogens is 3. The predicted molar refractivity (Wildman–Crippen MR) is 97.7 cm³/mol. The normalized spacial score (nSPS) is 10.5. The van der Waals surface area contributed by atoms with E-state index < -0.39 is 28.4 Å². The van der Waals surface area contributed by atoms with Gasteiger partial charge in [-0.1, -0.05) is 19.9 Å². The number of pyridine rings is 1. The standard InChI is InChI=1S/C16H14FN3O4.C2H6/c1-8-4-5-10(9(17)6-8)20-14-13(15(23)19(3)16(20)24)11(21)7-12(22)18(14)2;1-2/h4-7,21H,1-3H3;1-2H3. The lowest BCUT2D eigenvalue weighted by Gasteiger charge is -2.16. The molecule has 0 saturated carbocycles. The maximum atomic E-state index is 14.4. The number of hydrogen-bond acceptors (Lipinski definition) is 4. The Kier molecular flexibility index (Phi) is 5.15. The number of aromatic hydroxyl groups is 1. The zero-order chi connectivity index (χ0) is 19.8. The molecule has 0 amide bonds. The minimum atomic E-state index is -0.823. The first kappa shape index (κ1) is 19.2. The number of hydrogen-bond donors (Lipinski definition) is 1. The fourth-order valence-corrected chi connectivity index (χ4v) is 2.65. The first-order valence-corrected chi connectivity index (χ1v) is 8.05. The van der Waals surface area contributed by atoms with Crippen molar-refractivity contribution in [1.29, 1.82) is 0 Å². The van der Waals surface area contributed by atoms with Crippen LogP contribution < -0.4 is 16.8 Å². The van der Waals surface area contributed by atoms with Crippen molar-refractivity contribution in [2.45, 2.75) is 20.8 Å². The molecular formula is C18H20FN3O4. The molecule has 0 atom stereocenters. The van der Waals surface area contributed by atoms with Gasteiger partial charge in [-0.15, -0.1) is 0 Å². The Morgan fingerprint density at radius 1 is 1.00 bits per heavy atom. The van der Waals surface area contributed by atoms with Crippen LogP contribution in [0.15, 0.2) is 38.6 Å². The van der Waals surface area contributed by atoms with Crippen molar-refractivity contribution < 1.29 is 9.50 Å². The summed E-state index contributed by atoms with van der Waals surface area (Å²) in [6, 6.07) is 5.09. The summed E-state index contributed by atoms with van der Waals surface area (Å²) in [6.45, 7) is 5.69. The molecule has 0 aliphatic rings. The van der Waals surface area contributed by atoms with Crippen LogP contribution in [0.5, 0.6) is 5.75 Å². The van der Waals surface area contributed by atoms with Crippen LogP contribution in [0.2, 0.25) is 0 Å². The van der Waals surface area contributed by atoms with Gasteiger partial charge < -0.3 is 5.11 Å². The third-order valence-electron chi connectivity index (χ3n) is 3.94. The van der Waals surface area contributed by atoms with Crippen LogP contribution in [-0.2, 0) is 14.1 Å². The van der Waals surface area contributed by atoms with Crippen LogP contribution in [0.3, 0.4) is 0 Å². The van der Waals surface area contributed by atoms with Gasteiger partial charge in [0.05, 0.1) is 5.69 Å². The molecule has 138 valence electrons. The minimum Gasteiger partial charge on any atom is -0.507 e. The highest BCUT2D eigenvalue weighted by Crippen LogP contribution is 2.21. The molecule has 0 saturated heterocycles. The van der Waals surface area contributed by atoms with E-state index >= 15 is 0 Å². The summed E-state index contributed by atoms with van der Waals surface area (Å²) in [5.74, 6) is -1.25. The Labute approximate surface area is 148 Å². The molecule has 0 radical (unpaired) electrons. The second kappa shape index (κ2) is 6.99. The molecule has 0 spiro atoms. The van der Waals surface area contributed by atoms with E-state index in [9.17, 15) is 23.9 Å². The van der Waals surface area contributed by atoms with Crippen molar-refractivity contribution in [2.75, 3.05) is 0 Å². The SMILES string of the molecule is CC.Cc1ccc(-n2c(=O)n(C)c(=O)c3c(O)cc(=O)n(C)c32)c(F)c1. The fraction of sp³-hybridized carbons (Fsp3) is 0.278. The largest absolute Gasteiger partial charge is 0.507 e. The first-order valence-electron chi connectivity index (χ1n) is 8.05. The van der Waals surface area contributed by atoms with Gasteiger partial charge in [0.25, 0.3) is 11.1 Å². The number of benzene rings is 1. The molecule has 0 aliphatic heterocycles. The van der Waals surface area contributed by atoms with Crippen LogP contribution in [0.1, 0.15) is 19.4 Å². The van der Waals surface area contributed by atoms with Crippen molar-refractivity contribution in [2.24, 2.45) is 14.1 Å². The van der Waals surface area contributed by atoms with Crippen molar-refractivity contribution >= 4 is 11.0 Å². The van der Waals surface area contributed by atoms with E-state index in [4.69, 9.17) is 0 Å². The predicted octanol–water partition coefficient (Wildman–Crippen LogP) is 1.57. The minimum absolute atomic E-state index is 0.119. The highest BCUT2D eigenvalue weighted by atomic mass is 19.1. The molecule has 0 bridgehead atoms. The van der Waals surface area contributed by atoms with Crippen LogP contribution in [0.4, 0.5) is 4.39 Å². The molecule has 0 fully saturated rings. The van der Waals surface area contributed by atoms with Gasteiger partial charge in [-0.3, -0.25) is 18.7 Å². The summed E-state index contributed by atoms with van der Waals surface area (Å²) >= 11 is 0. The summed E-state index contributed by atoms with van der Waals surface area (Å²) in [5, 5.41) is 9.78. The highest BCUT2D eigenvalue weighted by Gasteiger charge is 2.20. The number of aryl methyl sites for hydroxylation is 2. The third kappa shape index (κ3) is 2.83. The average Bonchev–Trinajstić information content (AvgIpc) is 2.60. The second-order valence-electron chi connectivity index (χ2n) is 5.56. The molecule has 3 aromatic rings. The van der Waals surface area contributed by atoms with Crippen LogP contribution in [-0.4, -0.2) is 18.8 Å². The molecule has 26 heavy (non-hydrogen) atoms. The third-order valence-corrected chi connectivity index (χ3v) is 3.94. The van der Waals surface area contributed by atoms with Gasteiger partial charge in [-0.25, -0.2) is 13.8 Å². The van der Waals surface area contributed by atoms with E-state index in [2.05, 4.69) is 0 Å². The Hall–Kier alpha value is -3.16. The number of nitrogens with zero attached hydrogens (tertiary/aromatic N) is 3. The monoisotopic (exact) mass is 361 g/mol. The molecule has 7 nitrogen and oxygen atoms in total. The molecule has 8 heteroatoms. The summed E-state index contributed by atoms with van der Waals surface area (Å²) in [5.41, 5.74) is -1.87. The molecule has 1 N–H and O–H groups in total. The van der Waals surface area contributed by atoms with E-state index in [0.717, 1.165) is 19.8 Å². The number of fused-ring (bicyclic) bond motifs is 1. The van der Waals surface area contributed by atoms with E-state index in [0.29, 0.717) is 5.56 Å². The number of halogens is 1. The topological polar surface area (TPSA) is 86.2 Å². The molecule has 0 aliphatic carbocycles. The molecule has 2 aromatic heterocycles. The second-order valence-corrected chi connectivity index (χ2v) is 5.56. The lowest BCUT2D eigenvalue weighted by atomic mass is 10.2. The molecule has 0 unspecified atom stereocenters. The van der Waals surface area contributed by atoms with Crippen LogP contribution >= 0.6 is 0 Å². The van der Waals surface area contributed by atoms with Crippen LogP contribution in [0, 0.1) is 12.7 Å². The van der Waals surface area contributed by atoms with Gasteiger partial charge >= 0.3 is 5.69 Å². The zero-order valence-electron chi connectivity index (χ0n) is 15.2.